The van der Waals surface area contributed by atoms with Crippen LogP contribution in [-0.4, -0.2) is 29.7 Å². The maximum Gasteiger partial charge on any atom is 0.305 e. The Morgan fingerprint density at radius 3 is 2.53 bits per heavy atom. The predicted molar refractivity (Wildman–Crippen MR) is 76.5 cm³/mol. The largest absolute Gasteiger partial charge is 0.481 e. The Labute approximate surface area is 114 Å². The van der Waals surface area contributed by atoms with Crippen LogP contribution in [0.3, 0.4) is 0 Å². The lowest BCUT2D eigenvalue weighted by atomic mass is 9.88. The standard InChI is InChI=1S/C15H22N2O2/c1-2-3-4-12-5-7-13(8-6-12)17-15(9-14(18)19)10-16-11-15/h5-8,16-17H,2-4,9-11H2,1H3,(H,18,19). The topological polar surface area (TPSA) is 61.4 Å². The fourth-order valence-electron chi connectivity index (χ4n) is 2.42. The quantitative estimate of drug-likeness (QED) is 0.705. The summed E-state index contributed by atoms with van der Waals surface area (Å²) >= 11 is 0. The number of hydrogen-bond donors (Lipinski definition) is 3. The Hall–Kier alpha value is -1.55. The minimum Gasteiger partial charge on any atom is -0.481 e. The summed E-state index contributed by atoms with van der Waals surface area (Å²) in [5.74, 6) is -0.756. The zero-order chi connectivity index (χ0) is 13.7. The summed E-state index contributed by atoms with van der Waals surface area (Å²) < 4.78 is 0. The number of carboxylic acids is 1. The van der Waals surface area contributed by atoms with Gasteiger partial charge in [0.1, 0.15) is 0 Å². The van der Waals surface area contributed by atoms with E-state index in [1.54, 1.807) is 0 Å². The van der Waals surface area contributed by atoms with Crippen LogP contribution < -0.4 is 10.6 Å². The smallest absolute Gasteiger partial charge is 0.305 e. The van der Waals surface area contributed by atoms with Crippen LogP contribution in [0.1, 0.15) is 31.7 Å². The van der Waals surface area contributed by atoms with Crippen molar-refractivity contribution in [3.63, 3.8) is 0 Å². The molecule has 1 saturated heterocycles. The first-order valence-electron chi connectivity index (χ1n) is 6.93. The Morgan fingerprint density at radius 1 is 1.37 bits per heavy atom. The SMILES string of the molecule is CCCCc1ccc(NC2(CC(=O)O)CNC2)cc1. The number of anilines is 1. The molecule has 0 unspecified atom stereocenters. The highest BCUT2D eigenvalue weighted by atomic mass is 16.4. The van der Waals surface area contributed by atoms with Crippen LogP contribution in [0, 0.1) is 0 Å². The van der Waals surface area contributed by atoms with Gasteiger partial charge in [-0.15, -0.1) is 0 Å². The molecule has 0 aliphatic carbocycles. The molecule has 0 spiro atoms. The number of benzene rings is 1. The van der Waals surface area contributed by atoms with Crippen LogP contribution in [0.25, 0.3) is 0 Å². The highest BCUT2D eigenvalue weighted by Crippen LogP contribution is 2.23. The maximum absolute atomic E-state index is 10.9. The summed E-state index contributed by atoms with van der Waals surface area (Å²) in [4.78, 5) is 10.9. The Kier molecular flexibility index (Phi) is 4.43. The summed E-state index contributed by atoms with van der Waals surface area (Å²) in [5, 5.41) is 15.5. The molecule has 0 bridgehead atoms. The Bertz CT molecular complexity index is 424. The van der Waals surface area contributed by atoms with Crippen molar-refractivity contribution in [3.05, 3.63) is 29.8 Å². The maximum atomic E-state index is 10.9. The van der Waals surface area contributed by atoms with Gasteiger partial charge in [0.15, 0.2) is 0 Å². The third-order valence-corrected chi connectivity index (χ3v) is 3.60. The lowest BCUT2D eigenvalue weighted by Crippen LogP contribution is -2.65. The van der Waals surface area contributed by atoms with Gasteiger partial charge in [0.05, 0.1) is 12.0 Å². The highest BCUT2D eigenvalue weighted by molar-refractivity contribution is 5.70. The number of carboxylic acid groups (broad SMARTS) is 1. The average molecular weight is 262 g/mol. The van der Waals surface area contributed by atoms with Crippen molar-refractivity contribution < 1.29 is 9.90 Å². The van der Waals surface area contributed by atoms with Crippen molar-refractivity contribution in [1.82, 2.24) is 5.32 Å². The zero-order valence-electron chi connectivity index (χ0n) is 11.4. The van der Waals surface area contributed by atoms with E-state index < -0.39 is 5.97 Å². The summed E-state index contributed by atoms with van der Waals surface area (Å²) in [6.45, 7) is 3.60. The summed E-state index contributed by atoms with van der Waals surface area (Å²) in [7, 11) is 0. The third kappa shape index (κ3) is 3.70. The first-order valence-corrected chi connectivity index (χ1v) is 6.93. The molecule has 0 atom stereocenters. The molecule has 19 heavy (non-hydrogen) atoms. The van der Waals surface area contributed by atoms with E-state index in [9.17, 15) is 4.79 Å². The minimum atomic E-state index is -0.756. The van der Waals surface area contributed by atoms with Gasteiger partial charge in [-0.3, -0.25) is 4.79 Å². The molecule has 0 amide bonds. The van der Waals surface area contributed by atoms with E-state index >= 15 is 0 Å². The number of rotatable bonds is 7. The Balaban J connectivity index is 1.96. The van der Waals surface area contributed by atoms with Crippen LogP contribution in [-0.2, 0) is 11.2 Å². The number of carbonyl (C=O) groups is 1. The number of nitrogens with one attached hydrogen (secondary N) is 2. The molecule has 1 aromatic rings. The molecular weight excluding hydrogens is 240 g/mol. The van der Waals surface area contributed by atoms with Crippen LogP contribution >= 0.6 is 0 Å². The molecule has 2 rings (SSSR count). The predicted octanol–water partition coefficient (Wildman–Crippen LogP) is 2.26. The van der Waals surface area contributed by atoms with Gasteiger partial charge in [-0.25, -0.2) is 0 Å². The van der Waals surface area contributed by atoms with E-state index in [0.717, 1.165) is 12.1 Å². The van der Waals surface area contributed by atoms with Crippen molar-refractivity contribution in [1.29, 1.82) is 0 Å². The lowest BCUT2D eigenvalue weighted by molar-refractivity contribution is -0.138. The third-order valence-electron chi connectivity index (χ3n) is 3.60. The van der Waals surface area contributed by atoms with Gasteiger partial charge < -0.3 is 15.7 Å². The van der Waals surface area contributed by atoms with E-state index in [2.05, 4.69) is 29.7 Å². The molecule has 0 saturated carbocycles. The first-order chi connectivity index (χ1) is 9.13. The zero-order valence-corrected chi connectivity index (χ0v) is 11.4. The molecule has 0 radical (unpaired) electrons. The van der Waals surface area contributed by atoms with Crippen LogP contribution in [0.15, 0.2) is 24.3 Å². The second kappa shape index (κ2) is 6.06. The van der Waals surface area contributed by atoms with Gasteiger partial charge in [0, 0.05) is 18.8 Å². The summed E-state index contributed by atoms with van der Waals surface area (Å²) in [6, 6.07) is 8.34. The van der Waals surface area contributed by atoms with Gasteiger partial charge in [0.25, 0.3) is 0 Å². The van der Waals surface area contributed by atoms with Gasteiger partial charge in [-0.1, -0.05) is 25.5 Å². The molecule has 4 nitrogen and oxygen atoms in total. The first kappa shape index (κ1) is 13.9. The molecule has 104 valence electrons. The van der Waals surface area contributed by atoms with Crippen molar-refractivity contribution >= 4 is 11.7 Å². The van der Waals surface area contributed by atoms with E-state index in [1.165, 1.54) is 18.4 Å². The van der Waals surface area contributed by atoms with Crippen LogP contribution in [0.2, 0.25) is 0 Å². The number of unbranched alkanes of at least 4 members (excludes halogenated alkanes) is 1. The monoisotopic (exact) mass is 262 g/mol. The van der Waals surface area contributed by atoms with Crippen molar-refractivity contribution in [3.8, 4) is 0 Å². The molecule has 1 heterocycles. The number of hydrogen-bond acceptors (Lipinski definition) is 3. The minimum absolute atomic E-state index is 0.150. The van der Waals surface area contributed by atoms with E-state index in [1.807, 2.05) is 12.1 Å². The van der Waals surface area contributed by atoms with Gasteiger partial charge in [-0.05, 0) is 30.5 Å². The molecule has 0 aromatic heterocycles. The molecule has 1 fully saturated rings. The lowest BCUT2D eigenvalue weighted by Gasteiger charge is -2.43. The van der Waals surface area contributed by atoms with E-state index in [0.29, 0.717) is 13.1 Å². The second-order valence-corrected chi connectivity index (χ2v) is 5.38. The van der Waals surface area contributed by atoms with Crippen LogP contribution in [0.5, 0.6) is 0 Å². The molecule has 1 aromatic carbocycles. The molecule has 3 N–H and O–H groups in total. The van der Waals surface area contributed by atoms with Crippen molar-refractivity contribution in [2.75, 3.05) is 18.4 Å². The normalized spacial score (nSPS) is 16.7. The number of aryl methyl sites for hydroxylation is 1. The van der Waals surface area contributed by atoms with Crippen LogP contribution in [0.4, 0.5) is 5.69 Å². The molecular formula is C15H22N2O2. The van der Waals surface area contributed by atoms with E-state index in [4.69, 9.17) is 5.11 Å². The van der Waals surface area contributed by atoms with Crippen molar-refractivity contribution in [2.45, 2.75) is 38.1 Å². The summed E-state index contributed by atoms with van der Waals surface area (Å²) in [6.07, 6.45) is 3.67. The number of aliphatic carboxylic acids is 1. The summed E-state index contributed by atoms with van der Waals surface area (Å²) in [5.41, 5.74) is 2.02. The second-order valence-electron chi connectivity index (χ2n) is 5.38. The van der Waals surface area contributed by atoms with E-state index in [-0.39, 0.29) is 12.0 Å². The van der Waals surface area contributed by atoms with Gasteiger partial charge in [0.2, 0.25) is 0 Å². The Morgan fingerprint density at radius 2 is 2.05 bits per heavy atom. The molecule has 1 aliphatic heterocycles. The average Bonchev–Trinajstić information content (AvgIpc) is 2.35. The van der Waals surface area contributed by atoms with Crippen molar-refractivity contribution in [2.24, 2.45) is 0 Å². The molecule has 4 heteroatoms. The highest BCUT2D eigenvalue weighted by Gasteiger charge is 2.38. The molecule has 1 aliphatic rings. The van der Waals surface area contributed by atoms with Gasteiger partial charge in [-0.2, -0.15) is 0 Å². The fraction of sp³-hybridized carbons (Fsp3) is 0.533. The fourth-order valence-corrected chi connectivity index (χ4v) is 2.42. The van der Waals surface area contributed by atoms with Gasteiger partial charge >= 0.3 is 5.97 Å².